The van der Waals surface area contributed by atoms with E-state index in [4.69, 9.17) is 4.74 Å². The summed E-state index contributed by atoms with van der Waals surface area (Å²) < 4.78 is 5.25. The number of thiol groups is 1. The van der Waals surface area contributed by atoms with Gasteiger partial charge in [0.15, 0.2) is 0 Å². The minimum absolute atomic E-state index is 0.104. The SMILES string of the molecule is CCC(CC)NC(=O)Oc1cccc(N(CC)C(=O)S)c1. The van der Waals surface area contributed by atoms with Crippen molar-refractivity contribution in [2.45, 2.75) is 39.7 Å². The van der Waals surface area contributed by atoms with E-state index in [0.29, 0.717) is 18.0 Å². The first-order chi connectivity index (χ1) is 10.0. The highest BCUT2D eigenvalue weighted by molar-refractivity contribution is 7.96. The molecule has 1 rings (SSSR count). The Kier molecular flexibility index (Phi) is 7.08. The predicted octanol–water partition coefficient (Wildman–Crippen LogP) is 3.84. The van der Waals surface area contributed by atoms with Crippen LogP contribution in [0, 0.1) is 0 Å². The largest absolute Gasteiger partial charge is 0.412 e. The number of hydrogen-bond acceptors (Lipinski definition) is 3. The molecule has 0 heterocycles. The number of rotatable bonds is 6. The van der Waals surface area contributed by atoms with Gasteiger partial charge in [-0.1, -0.05) is 32.5 Å². The molecule has 0 aliphatic heterocycles. The van der Waals surface area contributed by atoms with Gasteiger partial charge >= 0.3 is 6.09 Å². The van der Waals surface area contributed by atoms with Gasteiger partial charge in [-0.2, -0.15) is 0 Å². The van der Waals surface area contributed by atoms with E-state index >= 15 is 0 Å². The zero-order valence-corrected chi connectivity index (χ0v) is 13.5. The maximum atomic E-state index is 11.8. The van der Waals surface area contributed by atoms with Crippen molar-refractivity contribution in [3.8, 4) is 5.75 Å². The van der Waals surface area contributed by atoms with Crippen LogP contribution in [0.5, 0.6) is 5.75 Å². The van der Waals surface area contributed by atoms with Gasteiger partial charge in [0.2, 0.25) is 0 Å². The summed E-state index contributed by atoms with van der Waals surface area (Å²) in [5.41, 5.74) is 0.644. The van der Waals surface area contributed by atoms with Crippen molar-refractivity contribution in [3.05, 3.63) is 24.3 Å². The molecular formula is C15H22N2O3S. The van der Waals surface area contributed by atoms with Gasteiger partial charge in [-0.05, 0) is 31.9 Å². The predicted molar refractivity (Wildman–Crippen MR) is 87.4 cm³/mol. The molecule has 0 fully saturated rings. The third-order valence-corrected chi connectivity index (χ3v) is 3.44. The van der Waals surface area contributed by atoms with E-state index in [1.165, 1.54) is 4.90 Å². The molecule has 0 aliphatic rings. The average molecular weight is 310 g/mol. The maximum Gasteiger partial charge on any atom is 0.412 e. The molecule has 0 saturated carbocycles. The minimum Gasteiger partial charge on any atom is -0.410 e. The van der Waals surface area contributed by atoms with E-state index in [9.17, 15) is 9.59 Å². The smallest absolute Gasteiger partial charge is 0.410 e. The van der Waals surface area contributed by atoms with E-state index in [2.05, 4.69) is 17.9 Å². The van der Waals surface area contributed by atoms with Crippen LogP contribution in [0.1, 0.15) is 33.6 Å². The molecular weight excluding hydrogens is 288 g/mol. The number of hydrogen-bond donors (Lipinski definition) is 2. The van der Waals surface area contributed by atoms with Crippen LogP contribution >= 0.6 is 12.6 Å². The lowest BCUT2D eigenvalue weighted by molar-refractivity contribution is 0.195. The molecule has 0 aliphatic carbocycles. The number of amides is 2. The number of nitrogens with one attached hydrogen (secondary N) is 1. The van der Waals surface area contributed by atoms with Gasteiger partial charge in [0.1, 0.15) is 5.75 Å². The third-order valence-electron chi connectivity index (χ3n) is 3.19. The van der Waals surface area contributed by atoms with Crippen LogP contribution in [0.3, 0.4) is 0 Å². The number of benzene rings is 1. The Morgan fingerprint density at radius 2 is 1.95 bits per heavy atom. The molecule has 1 N–H and O–H groups in total. The second kappa shape index (κ2) is 8.56. The lowest BCUT2D eigenvalue weighted by Gasteiger charge is -2.19. The van der Waals surface area contributed by atoms with Gasteiger partial charge in [-0.15, -0.1) is 0 Å². The van der Waals surface area contributed by atoms with Crippen LogP contribution in [-0.2, 0) is 0 Å². The molecule has 0 unspecified atom stereocenters. The minimum atomic E-state index is -0.485. The fraction of sp³-hybridized carbons (Fsp3) is 0.467. The van der Waals surface area contributed by atoms with E-state index in [1.54, 1.807) is 24.3 Å². The Labute approximate surface area is 131 Å². The highest BCUT2D eigenvalue weighted by Crippen LogP contribution is 2.22. The van der Waals surface area contributed by atoms with Gasteiger partial charge < -0.3 is 15.0 Å². The zero-order valence-electron chi connectivity index (χ0n) is 12.6. The summed E-state index contributed by atoms with van der Waals surface area (Å²) in [4.78, 5) is 24.7. The Balaban J connectivity index is 2.76. The zero-order chi connectivity index (χ0) is 15.8. The first-order valence-electron chi connectivity index (χ1n) is 7.10. The quantitative estimate of drug-likeness (QED) is 0.785. The standard InChI is InChI=1S/C15H22N2O3S/c1-4-11(5-2)16-14(18)20-13-9-7-8-12(10-13)17(6-3)15(19)21/h7-11H,4-6H2,1-3H3,(H,16,18)(H,19,21). The van der Waals surface area contributed by atoms with Crippen LogP contribution in [0.15, 0.2) is 24.3 Å². The molecule has 2 amide bonds. The summed E-state index contributed by atoms with van der Waals surface area (Å²) in [5.74, 6) is 0.393. The highest BCUT2D eigenvalue weighted by atomic mass is 32.1. The van der Waals surface area contributed by atoms with Crippen molar-refractivity contribution < 1.29 is 14.3 Å². The number of nitrogens with zero attached hydrogens (tertiary/aromatic N) is 1. The van der Waals surface area contributed by atoms with Gasteiger partial charge in [0.05, 0.1) is 0 Å². The lowest BCUT2D eigenvalue weighted by Crippen LogP contribution is -2.36. The van der Waals surface area contributed by atoms with Gasteiger partial charge in [0.25, 0.3) is 5.24 Å². The topological polar surface area (TPSA) is 58.6 Å². The molecule has 1 aromatic rings. The molecule has 0 saturated heterocycles. The molecule has 0 radical (unpaired) electrons. The summed E-state index contributed by atoms with van der Waals surface area (Å²) in [6.07, 6.45) is 1.22. The van der Waals surface area contributed by atoms with Crippen LogP contribution < -0.4 is 15.0 Å². The Morgan fingerprint density at radius 1 is 1.29 bits per heavy atom. The second-order valence-electron chi connectivity index (χ2n) is 4.57. The molecule has 5 nitrogen and oxygen atoms in total. The van der Waals surface area contributed by atoms with Gasteiger partial charge in [-0.25, -0.2) is 4.79 Å². The molecule has 0 atom stereocenters. The van der Waals surface area contributed by atoms with Gasteiger partial charge in [0, 0.05) is 24.3 Å². The first-order valence-corrected chi connectivity index (χ1v) is 7.55. The van der Waals surface area contributed by atoms with Crippen molar-refractivity contribution >= 4 is 29.6 Å². The molecule has 21 heavy (non-hydrogen) atoms. The molecule has 6 heteroatoms. The van der Waals surface area contributed by atoms with Crippen molar-refractivity contribution in [2.24, 2.45) is 0 Å². The molecule has 0 spiro atoms. The van der Waals surface area contributed by atoms with E-state index in [1.807, 2.05) is 20.8 Å². The summed E-state index contributed by atoms with van der Waals surface area (Å²) in [7, 11) is 0. The molecule has 0 aromatic heterocycles. The van der Waals surface area contributed by atoms with Crippen LogP contribution in [-0.4, -0.2) is 23.9 Å². The van der Waals surface area contributed by atoms with E-state index < -0.39 is 6.09 Å². The van der Waals surface area contributed by atoms with Crippen LogP contribution in [0.4, 0.5) is 15.3 Å². The number of carbonyl (C=O) groups is 2. The third kappa shape index (κ3) is 5.30. The number of ether oxygens (including phenoxy) is 1. The van der Waals surface area contributed by atoms with Crippen LogP contribution in [0.2, 0.25) is 0 Å². The highest BCUT2D eigenvalue weighted by Gasteiger charge is 2.13. The normalized spacial score (nSPS) is 10.3. The molecule has 116 valence electrons. The average Bonchev–Trinajstić information content (AvgIpc) is 2.45. The number of carbonyl (C=O) groups excluding carboxylic acids is 2. The molecule has 1 aromatic carbocycles. The fourth-order valence-electron chi connectivity index (χ4n) is 1.94. The van der Waals surface area contributed by atoms with Crippen molar-refractivity contribution in [2.75, 3.05) is 11.4 Å². The summed E-state index contributed by atoms with van der Waals surface area (Å²) >= 11 is 3.83. The second-order valence-corrected chi connectivity index (χ2v) is 4.95. The number of anilines is 1. The van der Waals surface area contributed by atoms with Crippen molar-refractivity contribution in [3.63, 3.8) is 0 Å². The maximum absolute atomic E-state index is 11.8. The summed E-state index contributed by atoms with van der Waals surface area (Å²) in [6, 6.07) is 6.92. The molecule has 0 bridgehead atoms. The summed E-state index contributed by atoms with van der Waals surface area (Å²) in [5, 5.41) is 2.44. The first kappa shape index (κ1) is 17.4. The van der Waals surface area contributed by atoms with E-state index in [0.717, 1.165) is 12.8 Å². The Hall–Kier alpha value is -1.69. The Morgan fingerprint density at radius 3 is 2.48 bits per heavy atom. The van der Waals surface area contributed by atoms with E-state index in [-0.39, 0.29) is 11.3 Å². The van der Waals surface area contributed by atoms with Crippen molar-refractivity contribution in [1.29, 1.82) is 0 Å². The van der Waals surface area contributed by atoms with Crippen LogP contribution in [0.25, 0.3) is 0 Å². The summed E-state index contributed by atoms with van der Waals surface area (Å²) in [6.45, 7) is 6.35. The lowest BCUT2D eigenvalue weighted by atomic mass is 10.2. The monoisotopic (exact) mass is 310 g/mol. The Bertz CT molecular complexity index is 490. The van der Waals surface area contributed by atoms with Crippen molar-refractivity contribution in [1.82, 2.24) is 5.32 Å². The van der Waals surface area contributed by atoms with Gasteiger partial charge in [-0.3, -0.25) is 4.79 Å². The fourth-order valence-corrected chi connectivity index (χ4v) is 2.20.